The van der Waals surface area contributed by atoms with Crippen LogP contribution in [0.4, 0.5) is 16.7 Å². The van der Waals surface area contributed by atoms with Crippen LogP contribution in [0.15, 0.2) is 0 Å². The van der Waals surface area contributed by atoms with Gasteiger partial charge in [-0.3, -0.25) is 0 Å². The Morgan fingerprint density at radius 1 is 1.67 bits per heavy atom. The second-order valence-corrected chi connectivity index (χ2v) is 1.78. The Kier molecular flexibility index (Phi) is 1.62. The maximum atomic E-state index is 10.4. The number of hydrogen-bond acceptors (Lipinski definition) is 6. The number of primary amides is 1. The van der Waals surface area contributed by atoms with Gasteiger partial charge in [-0.25, -0.2) is 4.79 Å². The summed E-state index contributed by atoms with van der Waals surface area (Å²) in [6, 6.07) is -1.02. The molecule has 64 valence electrons. The minimum Gasteiger partial charge on any atom is -0.390 e. The van der Waals surface area contributed by atoms with E-state index in [2.05, 4.69) is 10.1 Å². The van der Waals surface area contributed by atoms with Gasteiger partial charge in [-0.05, 0) is 9.91 Å². The van der Waals surface area contributed by atoms with Crippen molar-refractivity contribution in [2.45, 2.75) is 0 Å². The zero-order valence-electron chi connectivity index (χ0n) is 5.67. The summed E-state index contributed by atoms with van der Waals surface area (Å²) < 4.78 is 0.443. The molecular formula is C3H4N6O3. The number of carbonyl (C=O) groups excluding carboxylic acids is 1. The van der Waals surface area contributed by atoms with E-state index in [1.165, 1.54) is 0 Å². The summed E-state index contributed by atoms with van der Waals surface area (Å²) in [5.41, 5.74) is 9.81. The van der Waals surface area contributed by atoms with Crippen molar-refractivity contribution < 1.29 is 9.72 Å². The van der Waals surface area contributed by atoms with E-state index in [-0.39, 0.29) is 0 Å². The molecule has 0 bridgehead atoms. The molecule has 1 heterocycles. The normalized spacial score (nSPS) is 9.67. The van der Waals surface area contributed by atoms with Crippen LogP contribution in [0.1, 0.15) is 0 Å². The van der Waals surface area contributed by atoms with Crippen LogP contribution in [0.5, 0.6) is 0 Å². The van der Waals surface area contributed by atoms with Gasteiger partial charge in [-0.15, -0.1) is 0 Å². The summed E-state index contributed by atoms with van der Waals surface area (Å²) in [6.07, 6.45) is 0. The number of aromatic nitrogens is 3. The standard InChI is InChI=1S/C3H4N6O3/c4-1-6-3(9(11)12)7-8(1)2(5)10/h(H2,5,10)(H2,4,6,7). The molecule has 0 radical (unpaired) electrons. The van der Waals surface area contributed by atoms with Crippen molar-refractivity contribution in [3.05, 3.63) is 10.1 Å². The van der Waals surface area contributed by atoms with Crippen LogP contribution in [0.3, 0.4) is 0 Å². The number of nitrogens with zero attached hydrogens (tertiary/aromatic N) is 4. The maximum Gasteiger partial charge on any atom is 0.493 e. The van der Waals surface area contributed by atoms with Crippen LogP contribution < -0.4 is 11.5 Å². The molecule has 0 saturated heterocycles. The van der Waals surface area contributed by atoms with E-state index in [1.807, 2.05) is 0 Å². The lowest BCUT2D eigenvalue weighted by Gasteiger charge is -1.85. The highest BCUT2D eigenvalue weighted by atomic mass is 16.6. The molecule has 1 rings (SSSR count). The Labute approximate surface area is 65.1 Å². The van der Waals surface area contributed by atoms with Crippen LogP contribution in [0.2, 0.25) is 0 Å². The van der Waals surface area contributed by atoms with Crippen molar-refractivity contribution in [1.29, 1.82) is 0 Å². The lowest BCUT2D eigenvalue weighted by atomic mass is 10.9. The van der Waals surface area contributed by atoms with E-state index in [4.69, 9.17) is 11.5 Å². The largest absolute Gasteiger partial charge is 0.493 e. The second kappa shape index (κ2) is 2.45. The van der Waals surface area contributed by atoms with Gasteiger partial charge in [0.1, 0.15) is 0 Å². The van der Waals surface area contributed by atoms with Gasteiger partial charge in [0.05, 0.1) is 0 Å². The fourth-order valence-electron chi connectivity index (χ4n) is 0.552. The molecule has 0 aliphatic carbocycles. The van der Waals surface area contributed by atoms with Crippen molar-refractivity contribution >= 4 is 17.9 Å². The molecule has 0 spiro atoms. The quantitative estimate of drug-likeness (QED) is 0.397. The third-order valence-corrected chi connectivity index (χ3v) is 0.993. The molecule has 0 atom stereocenters. The van der Waals surface area contributed by atoms with Gasteiger partial charge < -0.3 is 21.6 Å². The van der Waals surface area contributed by atoms with E-state index < -0.39 is 22.9 Å². The van der Waals surface area contributed by atoms with Gasteiger partial charge in [-0.1, -0.05) is 4.68 Å². The monoisotopic (exact) mass is 172 g/mol. The molecule has 1 amide bonds. The minimum absolute atomic E-state index is 0.408. The van der Waals surface area contributed by atoms with Gasteiger partial charge in [0.25, 0.3) is 0 Å². The van der Waals surface area contributed by atoms with Crippen molar-refractivity contribution in [3.8, 4) is 0 Å². The Bertz CT molecular complexity index is 342. The van der Waals surface area contributed by atoms with Gasteiger partial charge in [0, 0.05) is 5.10 Å². The van der Waals surface area contributed by atoms with Crippen molar-refractivity contribution in [2.75, 3.05) is 5.73 Å². The third-order valence-electron chi connectivity index (χ3n) is 0.993. The molecule has 0 fully saturated rings. The average Bonchev–Trinajstić information content (AvgIpc) is 2.30. The Morgan fingerprint density at radius 2 is 2.25 bits per heavy atom. The van der Waals surface area contributed by atoms with E-state index in [1.54, 1.807) is 0 Å². The smallest absolute Gasteiger partial charge is 0.390 e. The third kappa shape index (κ3) is 1.14. The van der Waals surface area contributed by atoms with Crippen molar-refractivity contribution in [1.82, 2.24) is 14.8 Å². The first-order valence-corrected chi connectivity index (χ1v) is 2.69. The van der Waals surface area contributed by atoms with Crippen LogP contribution in [-0.2, 0) is 0 Å². The summed E-state index contributed by atoms with van der Waals surface area (Å²) >= 11 is 0. The zero-order valence-corrected chi connectivity index (χ0v) is 5.67. The molecule has 0 saturated carbocycles. The SMILES string of the molecule is NC(=O)n1nc([N+](=O)[O-])nc1N. The van der Waals surface area contributed by atoms with Crippen molar-refractivity contribution in [3.63, 3.8) is 0 Å². The highest BCUT2D eigenvalue weighted by Gasteiger charge is 2.21. The Morgan fingerprint density at radius 3 is 2.50 bits per heavy atom. The van der Waals surface area contributed by atoms with Crippen LogP contribution in [-0.4, -0.2) is 25.7 Å². The van der Waals surface area contributed by atoms with E-state index in [9.17, 15) is 14.9 Å². The number of rotatable bonds is 1. The minimum atomic E-state index is -1.02. The number of hydrogen-bond donors (Lipinski definition) is 2. The Hall–Kier alpha value is -2.19. The van der Waals surface area contributed by atoms with Crippen LogP contribution in [0, 0.1) is 10.1 Å². The number of anilines is 1. The zero-order chi connectivity index (χ0) is 9.30. The van der Waals surface area contributed by atoms with Crippen molar-refractivity contribution in [2.24, 2.45) is 5.73 Å². The Balaban J connectivity index is 3.17. The molecule has 9 nitrogen and oxygen atoms in total. The number of nitro groups is 1. The lowest BCUT2D eigenvalue weighted by Crippen LogP contribution is -2.22. The molecule has 1 aromatic rings. The summed E-state index contributed by atoms with van der Waals surface area (Å²) in [5, 5.41) is 13.2. The van der Waals surface area contributed by atoms with E-state index in [0.29, 0.717) is 4.68 Å². The predicted molar refractivity (Wildman–Crippen MR) is 36.1 cm³/mol. The highest BCUT2D eigenvalue weighted by molar-refractivity contribution is 5.76. The molecule has 1 aromatic heterocycles. The molecule has 0 unspecified atom stereocenters. The molecule has 0 aliphatic heterocycles. The van der Waals surface area contributed by atoms with Gasteiger partial charge >= 0.3 is 17.9 Å². The van der Waals surface area contributed by atoms with Crippen LogP contribution >= 0.6 is 0 Å². The first-order chi connectivity index (χ1) is 5.52. The molecule has 12 heavy (non-hydrogen) atoms. The van der Waals surface area contributed by atoms with Crippen LogP contribution in [0.25, 0.3) is 0 Å². The first-order valence-electron chi connectivity index (χ1n) is 2.69. The second-order valence-electron chi connectivity index (χ2n) is 1.78. The highest BCUT2D eigenvalue weighted by Crippen LogP contribution is 2.05. The summed E-state index contributed by atoms with van der Waals surface area (Å²) in [5.74, 6) is -1.17. The number of amides is 1. The topological polar surface area (TPSA) is 143 Å². The predicted octanol–water partition coefficient (Wildman–Crippen LogP) is -1.30. The number of nitrogen functional groups attached to an aromatic ring is 1. The summed E-state index contributed by atoms with van der Waals surface area (Å²) in [4.78, 5) is 22.8. The summed E-state index contributed by atoms with van der Waals surface area (Å²) in [7, 11) is 0. The van der Waals surface area contributed by atoms with Gasteiger partial charge in [-0.2, -0.15) is 0 Å². The van der Waals surface area contributed by atoms with Gasteiger partial charge in [0.15, 0.2) is 0 Å². The fraction of sp³-hybridized carbons (Fsp3) is 0. The molecule has 0 aromatic carbocycles. The number of carbonyl (C=O) groups is 1. The van der Waals surface area contributed by atoms with Gasteiger partial charge in [0.2, 0.25) is 0 Å². The molecular weight excluding hydrogens is 168 g/mol. The molecule has 4 N–H and O–H groups in total. The fourth-order valence-corrected chi connectivity index (χ4v) is 0.552. The average molecular weight is 172 g/mol. The van der Waals surface area contributed by atoms with E-state index >= 15 is 0 Å². The maximum absolute atomic E-state index is 10.4. The first kappa shape index (κ1) is 7.91. The molecule has 9 heteroatoms. The summed E-state index contributed by atoms with van der Waals surface area (Å²) in [6.45, 7) is 0. The van der Waals surface area contributed by atoms with E-state index in [0.717, 1.165) is 0 Å². The number of nitrogens with two attached hydrogens (primary N) is 2. The molecule has 0 aliphatic rings. The lowest BCUT2D eigenvalue weighted by molar-refractivity contribution is -0.394.